The number of rotatable bonds is 5. The average Bonchev–Trinajstić information content (AvgIpc) is 2.46. The van der Waals surface area contributed by atoms with Crippen molar-refractivity contribution in [3.05, 3.63) is 68.8 Å². The average molecular weight is 285 g/mol. The van der Waals surface area contributed by atoms with Crippen LogP contribution in [0.1, 0.15) is 27.0 Å². The summed E-state index contributed by atoms with van der Waals surface area (Å²) in [5.41, 5.74) is 3.10. The van der Waals surface area contributed by atoms with Gasteiger partial charge in [-0.3, -0.25) is 14.9 Å². The van der Waals surface area contributed by atoms with Crippen molar-refractivity contribution in [2.24, 2.45) is 0 Å². The van der Waals surface area contributed by atoms with E-state index in [0.717, 1.165) is 23.0 Å². The van der Waals surface area contributed by atoms with Crippen LogP contribution < -0.4 is 4.74 Å². The number of non-ortho nitro benzene ring substituents is 1. The zero-order valence-corrected chi connectivity index (χ0v) is 11.8. The zero-order chi connectivity index (χ0) is 15.4. The molecule has 0 aliphatic heterocycles. The molecule has 0 radical (unpaired) electrons. The number of carbonyl (C=O) groups excluding carboxylic acids is 1. The fourth-order valence-corrected chi connectivity index (χ4v) is 2.19. The normalized spacial score (nSPS) is 10.2. The lowest BCUT2D eigenvalue weighted by Crippen LogP contribution is -2.00. The minimum absolute atomic E-state index is 0.0425. The smallest absolute Gasteiger partial charge is 0.269 e. The van der Waals surface area contributed by atoms with Gasteiger partial charge in [0.1, 0.15) is 18.6 Å². The number of nitro groups is 1. The van der Waals surface area contributed by atoms with E-state index in [9.17, 15) is 14.9 Å². The van der Waals surface area contributed by atoms with Crippen LogP contribution in [-0.2, 0) is 6.61 Å². The van der Waals surface area contributed by atoms with Crippen LogP contribution in [0.15, 0.2) is 36.4 Å². The molecule has 0 bridgehead atoms. The Labute approximate surface area is 122 Å². The van der Waals surface area contributed by atoms with Crippen molar-refractivity contribution in [2.45, 2.75) is 20.5 Å². The molecule has 0 saturated carbocycles. The maximum Gasteiger partial charge on any atom is 0.269 e. The molecule has 5 nitrogen and oxygen atoms in total. The molecule has 0 atom stereocenters. The fraction of sp³-hybridized carbons (Fsp3) is 0.188. The highest BCUT2D eigenvalue weighted by atomic mass is 16.6. The van der Waals surface area contributed by atoms with Crippen molar-refractivity contribution < 1.29 is 14.5 Å². The highest BCUT2D eigenvalue weighted by molar-refractivity contribution is 5.76. The lowest BCUT2D eigenvalue weighted by atomic mass is 10.1. The number of hydrogen-bond acceptors (Lipinski definition) is 4. The number of carbonyl (C=O) groups is 1. The van der Waals surface area contributed by atoms with Gasteiger partial charge in [0.05, 0.1) is 4.92 Å². The first-order chi connectivity index (χ1) is 10.0. The van der Waals surface area contributed by atoms with Crippen molar-refractivity contribution >= 4 is 12.0 Å². The van der Waals surface area contributed by atoms with E-state index in [1.165, 1.54) is 12.1 Å². The number of nitrogens with zero attached hydrogens (tertiary/aromatic N) is 1. The standard InChI is InChI=1S/C16H15NO4/c1-11-6-14(9-18)7-12(2)16(11)21-10-13-4-3-5-15(8-13)17(19)20/h3-9H,10H2,1-2H3. The van der Waals surface area contributed by atoms with E-state index in [2.05, 4.69) is 0 Å². The zero-order valence-electron chi connectivity index (χ0n) is 11.8. The van der Waals surface area contributed by atoms with E-state index in [1.807, 2.05) is 13.8 Å². The van der Waals surface area contributed by atoms with Gasteiger partial charge in [0.15, 0.2) is 0 Å². The third-order valence-corrected chi connectivity index (χ3v) is 3.12. The molecule has 0 saturated heterocycles. The Morgan fingerprint density at radius 1 is 1.19 bits per heavy atom. The molecule has 0 N–H and O–H groups in total. The molecule has 0 aliphatic carbocycles. The Morgan fingerprint density at radius 3 is 2.43 bits per heavy atom. The summed E-state index contributed by atoms with van der Waals surface area (Å²) in [7, 11) is 0. The van der Waals surface area contributed by atoms with E-state index in [1.54, 1.807) is 24.3 Å². The first kappa shape index (κ1) is 14.7. The number of aryl methyl sites for hydroxylation is 2. The van der Waals surface area contributed by atoms with Crippen molar-refractivity contribution in [2.75, 3.05) is 0 Å². The molecule has 2 aromatic rings. The van der Waals surface area contributed by atoms with Gasteiger partial charge in [-0.15, -0.1) is 0 Å². The van der Waals surface area contributed by atoms with Gasteiger partial charge in [-0.2, -0.15) is 0 Å². The first-order valence-corrected chi connectivity index (χ1v) is 6.44. The van der Waals surface area contributed by atoms with Gasteiger partial charge in [0.2, 0.25) is 0 Å². The van der Waals surface area contributed by atoms with Gasteiger partial charge in [0.25, 0.3) is 5.69 Å². The van der Waals surface area contributed by atoms with Crippen LogP contribution in [0.3, 0.4) is 0 Å². The predicted molar refractivity (Wildman–Crippen MR) is 78.7 cm³/mol. The van der Waals surface area contributed by atoms with Crippen LogP contribution in [0.2, 0.25) is 0 Å². The van der Waals surface area contributed by atoms with Crippen LogP contribution in [0.5, 0.6) is 5.75 Å². The third-order valence-electron chi connectivity index (χ3n) is 3.12. The van der Waals surface area contributed by atoms with Crippen LogP contribution >= 0.6 is 0 Å². The van der Waals surface area contributed by atoms with Crippen LogP contribution in [0.25, 0.3) is 0 Å². The van der Waals surface area contributed by atoms with Crippen molar-refractivity contribution in [1.82, 2.24) is 0 Å². The maximum absolute atomic E-state index is 10.8. The van der Waals surface area contributed by atoms with Crippen molar-refractivity contribution in [1.29, 1.82) is 0 Å². The number of aldehydes is 1. The number of ether oxygens (including phenoxy) is 1. The maximum atomic E-state index is 10.8. The quantitative estimate of drug-likeness (QED) is 0.478. The summed E-state index contributed by atoms with van der Waals surface area (Å²) < 4.78 is 5.75. The van der Waals surface area contributed by atoms with Crippen molar-refractivity contribution in [3.8, 4) is 5.75 Å². The Morgan fingerprint density at radius 2 is 1.86 bits per heavy atom. The van der Waals surface area contributed by atoms with Crippen LogP contribution in [0, 0.1) is 24.0 Å². The van der Waals surface area contributed by atoms with Crippen LogP contribution in [0.4, 0.5) is 5.69 Å². The molecule has 0 aromatic heterocycles. The topological polar surface area (TPSA) is 69.4 Å². The molecule has 0 heterocycles. The lowest BCUT2D eigenvalue weighted by molar-refractivity contribution is -0.384. The molecule has 2 aromatic carbocycles. The highest BCUT2D eigenvalue weighted by Crippen LogP contribution is 2.25. The van der Waals surface area contributed by atoms with Crippen molar-refractivity contribution in [3.63, 3.8) is 0 Å². The molecule has 0 fully saturated rings. The summed E-state index contributed by atoms with van der Waals surface area (Å²) in [5, 5.41) is 10.7. The van der Waals surface area contributed by atoms with Gasteiger partial charge < -0.3 is 4.74 Å². The molecular weight excluding hydrogens is 270 g/mol. The van der Waals surface area contributed by atoms with Gasteiger partial charge >= 0.3 is 0 Å². The number of nitro benzene ring substituents is 1. The molecule has 0 unspecified atom stereocenters. The molecular formula is C16H15NO4. The van der Waals surface area contributed by atoms with Gasteiger partial charge in [-0.05, 0) is 42.7 Å². The molecule has 0 amide bonds. The van der Waals surface area contributed by atoms with E-state index in [4.69, 9.17) is 4.74 Å². The summed E-state index contributed by atoms with van der Waals surface area (Å²) >= 11 is 0. The largest absolute Gasteiger partial charge is 0.488 e. The van der Waals surface area contributed by atoms with Gasteiger partial charge in [-0.25, -0.2) is 0 Å². The number of benzene rings is 2. The summed E-state index contributed by atoms with van der Waals surface area (Å²) in [6, 6.07) is 9.85. The van der Waals surface area contributed by atoms with E-state index in [-0.39, 0.29) is 12.3 Å². The molecule has 108 valence electrons. The van der Waals surface area contributed by atoms with E-state index in [0.29, 0.717) is 11.3 Å². The molecule has 0 spiro atoms. The third kappa shape index (κ3) is 3.45. The lowest BCUT2D eigenvalue weighted by Gasteiger charge is -2.12. The van der Waals surface area contributed by atoms with E-state index < -0.39 is 4.92 Å². The monoisotopic (exact) mass is 285 g/mol. The highest BCUT2D eigenvalue weighted by Gasteiger charge is 2.09. The second-order valence-electron chi connectivity index (χ2n) is 4.82. The minimum atomic E-state index is -0.432. The molecule has 2 rings (SSSR count). The minimum Gasteiger partial charge on any atom is -0.488 e. The Balaban J connectivity index is 2.18. The molecule has 0 aliphatic rings. The molecule has 21 heavy (non-hydrogen) atoms. The summed E-state index contributed by atoms with van der Waals surface area (Å²) in [6.07, 6.45) is 0.796. The van der Waals surface area contributed by atoms with Gasteiger partial charge in [-0.1, -0.05) is 12.1 Å². The number of hydrogen-bond donors (Lipinski definition) is 0. The Hall–Kier alpha value is -2.69. The summed E-state index contributed by atoms with van der Waals surface area (Å²) in [5.74, 6) is 0.701. The SMILES string of the molecule is Cc1cc(C=O)cc(C)c1OCc1cccc([N+](=O)[O-])c1. The second-order valence-corrected chi connectivity index (χ2v) is 4.82. The second kappa shape index (κ2) is 6.17. The molecule has 5 heteroatoms. The Bertz CT molecular complexity index is 671. The van der Waals surface area contributed by atoms with Gasteiger partial charge in [0, 0.05) is 17.7 Å². The Kier molecular flexibility index (Phi) is 4.33. The summed E-state index contributed by atoms with van der Waals surface area (Å²) in [4.78, 5) is 21.1. The first-order valence-electron chi connectivity index (χ1n) is 6.44. The fourth-order valence-electron chi connectivity index (χ4n) is 2.19. The van der Waals surface area contributed by atoms with Crippen LogP contribution in [-0.4, -0.2) is 11.2 Å². The van der Waals surface area contributed by atoms with E-state index >= 15 is 0 Å². The summed E-state index contributed by atoms with van der Waals surface area (Å²) in [6.45, 7) is 3.97. The predicted octanol–water partition coefficient (Wildman–Crippen LogP) is 3.60.